The molecule has 1 saturated heterocycles. The Bertz CT molecular complexity index is 724. The van der Waals surface area contributed by atoms with Gasteiger partial charge in [0.25, 0.3) is 0 Å². The van der Waals surface area contributed by atoms with E-state index in [4.69, 9.17) is 5.11 Å². The first-order valence-corrected chi connectivity index (χ1v) is 11.8. The fourth-order valence-corrected chi connectivity index (χ4v) is 5.88. The maximum absolute atomic E-state index is 12.2. The largest absolute Gasteiger partial charge is 0.476 e. The van der Waals surface area contributed by atoms with Gasteiger partial charge in [-0.05, 0) is 37.5 Å². The highest BCUT2D eigenvalue weighted by Crippen LogP contribution is 2.47. The number of rotatable bonds is 10. The first-order chi connectivity index (χ1) is 13.4. The lowest BCUT2D eigenvalue weighted by Crippen LogP contribution is -2.40. The van der Waals surface area contributed by atoms with Crippen molar-refractivity contribution in [2.75, 3.05) is 12.3 Å². The molecule has 0 spiro atoms. The number of nitrogens with zero attached hydrogens (tertiary/aromatic N) is 2. The zero-order valence-electron chi connectivity index (χ0n) is 16.2. The molecule has 1 aromatic heterocycles. The molecule has 0 bridgehead atoms. The molecule has 154 valence electrons. The minimum atomic E-state index is -1.02. The van der Waals surface area contributed by atoms with E-state index in [9.17, 15) is 14.7 Å². The van der Waals surface area contributed by atoms with E-state index in [0.717, 1.165) is 25.7 Å². The average molecular weight is 425 g/mol. The van der Waals surface area contributed by atoms with Gasteiger partial charge in [0.2, 0.25) is 5.91 Å². The van der Waals surface area contributed by atoms with Gasteiger partial charge in [-0.1, -0.05) is 37.3 Å². The Morgan fingerprint density at radius 2 is 2.32 bits per heavy atom. The molecule has 2 atom stereocenters. The van der Waals surface area contributed by atoms with Crippen LogP contribution in [0, 0.1) is 5.41 Å². The van der Waals surface area contributed by atoms with E-state index in [1.807, 2.05) is 11.0 Å². The van der Waals surface area contributed by atoms with Crippen LogP contribution < -0.4 is 0 Å². The molecule has 0 radical (unpaired) electrons. The number of thioether (sulfide) groups is 1. The lowest BCUT2D eigenvalue weighted by molar-refractivity contribution is -0.128. The molecule has 0 aromatic carbocycles. The Balaban J connectivity index is 1.47. The fraction of sp³-hybridized carbons (Fsp3) is 0.650. The van der Waals surface area contributed by atoms with Gasteiger partial charge in [-0.3, -0.25) is 4.79 Å². The van der Waals surface area contributed by atoms with Crippen molar-refractivity contribution in [3.8, 4) is 0 Å². The highest BCUT2D eigenvalue weighted by molar-refractivity contribution is 8.01. The Morgan fingerprint density at radius 1 is 1.54 bits per heavy atom. The fourth-order valence-electron chi connectivity index (χ4n) is 4.07. The van der Waals surface area contributed by atoms with Crippen molar-refractivity contribution in [2.45, 2.75) is 68.4 Å². The van der Waals surface area contributed by atoms with Crippen molar-refractivity contribution in [2.24, 2.45) is 5.41 Å². The number of thiazole rings is 1. The number of carboxylic acid groups (broad SMARTS) is 1. The van der Waals surface area contributed by atoms with E-state index in [1.165, 1.54) is 34.9 Å². The van der Waals surface area contributed by atoms with Crippen LogP contribution in [0.25, 0.3) is 0 Å². The molecule has 2 N–H and O–H groups in total. The van der Waals surface area contributed by atoms with Crippen molar-refractivity contribution in [1.29, 1.82) is 0 Å². The molecular weight excluding hydrogens is 396 g/mol. The number of aromatic nitrogens is 1. The number of aliphatic hydroxyl groups excluding tert-OH is 1. The van der Waals surface area contributed by atoms with E-state index in [2.05, 4.69) is 18.0 Å². The number of aliphatic hydroxyl groups is 1. The Hall–Kier alpha value is -1.38. The van der Waals surface area contributed by atoms with Crippen LogP contribution in [-0.2, 0) is 4.79 Å². The van der Waals surface area contributed by atoms with Gasteiger partial charge in [0.05, 0.1) is 12.1 Å². The highest BCUT2D eigenvalue weighted by atomic mass is 32.2. The Labute approximate surface area is 174 Å². The molecule has 2 heterocycles. The summed E-state index contributed by atoms with van der Waals surface area (Å²) in [6, 6.07) is 0.0881. The Morgan fingerprint density at radius 3 is 2.93 bits per heavy atom. The average Bonchev–Trinajstić information content (AvgIpc) is 3.23. The normalized spacial score (nSPS) is 22.6. The summed E-state index contributed by atoms with van der Waals surface area (Å²) in [6.07, 6.45) is 10.3. The first-order valence-electron chi connectivity index (χ1n) is 9.91. The zero-order valence-corrected chi connectivity index (χ0v) is 17.8. The molecule has 1 saturated carbocycles. The molecule has 28 heavy (non-hydrogen) atoms. The smallest absolute Gasteiger partial charge is 0.355 e. The molecule has 2 fully saturated rings. The summed E-state index contributed by atoms with van der Waals surface area (Å²) in [5.74, 6) is -0.174. The van der Waals surface area contributed by atoms with Crippen LogP contribution in [0.1, 0.15) is 62.4 Å². The van der Waals surface area contributed by atoms with E-state index in [1.54, 1.807) is 0 Å². The van der Waals surface area contributed by atoms with Crippen molar-refractivity contribution in [3.63, 3.8) is 0 Å². The quantitative estimate of drug-likeness (QED) is 0.438. The number of hydrogen-bond donors (Lipinski definition) is 2. The second-order valence-corrected chi connectivity index (χ2v) is 9.79. The standard InChI is InChI=1S/C20H28N2O4S2/c1-2-20(9-4-10-20)16(23)6-3-5-14-7-8-17(24)22(14)11-12-27-19-21-15(13-28-19)18(25)26/h3,5,13-14,16,23H,2,4,6-12H2,1H3,(H,25,26)/b5-3+/t14-,16-/m0/s1. The van der Waals surface area contributed by atoms with Gasteiger partial charge in [0, 0.05) is 24.1 Å². The van der Waals surface area contributed by atoms with Gasteiger partial charge in [0.15, 0.2) is 10.0 Å². The zero-order chi connectivity index (χ0) is 20.1. The van der Waals surface area contributed by atoms with Crippen molar-refractivity contribution < 1.29 is 19.8 Å². The van der Waals surface area contributed by atoms with Crippen LogP contribution in [0.2, 0.25) is 0 Å². The van der Waals surface area contributed by atoms with E-state index >= 15 is 0 Å². The summed E-state index contributed by atoms with van der Waals surface area (Å²) in [6.45, 7) is 2.77. The van der Waals surface area contributed by atoms with Crippen LogP contribution in [0.5, 0.6) is 0 Å². The summed E-state index contributed by atoms with van der Waals surface area (Å²) < 4.78 is 0.713. The van der Waals surface area contributed by atoms with Crippen LogP contribution >= 0.6 is 23.1 Å². The molecule has 0 unspecified atom stereocenters. The van der Waals surface area contributed by atoms with Gasteiger partial charge in [-0.25, -0.2) is 9.78 Å². The van der Waals surface area contributed by atoms with E-state index in [0.29, 0.717) is 29.5 Å². The minimum Gasteiger partial charge on any atom is -0.476 e. The third kappa shape index (κ3) is 4.78. The number of aromatic carboxylic acids is 1. The van der Waals surface area contributed by atoms with Gasteiger partial charge < -0.3 is 15.1 Å². The summed E-state index contributed by atoms with van der Waals surface area (Å²) >= 11 is 2.80. The predicted octanol–water partition coefficient (Wildman–Crippen LogP) is 3.81. The maximum Gasteiger partial charge on any atom is 0.355 e. The number of carboxylic acids is 1. The lowest BCUT2D eigenvalue weighted by Gasteiger charge is -2.45. The van der Waals surface area contributed by atoms with Gasteiger partial charge in [-0.2, -0.15) is 0 Å². The highest BCUT2D eigenvalue weighted by Gasteiger charge is 2.41. The summed E-state index contributed by atoms with van der Waals surface area (Å²) in [4.78, 5) is 29.1. The molecule has 3 rings (SSSR count). The van der Waals surface area contributed by atoms with Gasteiger partial charge in [0.1, 0.15) is 0 Å². The summed E-state index contributed by atoms with van der Waals surface area (Å²) in [5, 5.41) is 21.0. The topological polar surface area (TPSA) is 90.7 Å². The van der Waals surface area contributed by atoms with Crippen molar-refractivity contribution in [3.05, 3.63) is 23.2 Å². The lowest BCUT2D eigenvalue weighted by atomic mass is 9.63. The summed E-state index contributed by atoms with van der Waals surface area (Å²) in [5.41, 5.74) is 0.176. The molecule has 1 amide bonds. The van der Waals surface area contributed by atoms with Crippen LogP contribution in [0.15, 0.2) is 21.9 Å². The first kappa shape index (κ1) is 21.3. The SMILES string of the molecule is CCC1([C@@H](O)C/C=C/[C@H]2CCC(=O)N2CCSc2nc(C(=O)O)cs2)CCC1. The number of hydrogen-bond acceptors (Lipinski definition) is 6. The predicted molar refractivity (Wildman–Crippen MR) is 111 cm³/mol. The van der Waals surface area contributed by atoms with Crippen molar-refractivity contribution >= 4 is 35.0 Å². The minimum absolute atomic E-state index is 0.0698. The molecule has 1 aliphatic carbocycles. The summed E-state index contributed by atoms with van der Waals surface area (Å²) in [7, 11) is 0. The number of likely N-dealkylation sites (tertiary alicyclic amines) is 1. The van der Waals surface area contributed by atoms with Gasteiger partial charge in [-0.15, -0.1) is 11.3 Å². The van der Waals surface area contributed by atoms with E-state index < -0.39 is 5.97 Å². The number of carbonyl (C=O) groups excluding carboxylic acids is 1. The molecule has 8 heteroatoms. The monoisotopic (exact) mass is 424 g/mol. The van der Waals surface area contributed by atoms with Gasteiger partial charge >= 0.3 is 5.97 Å². The number of carbonyl (C=O) groups is 2. The maximum atomic E-state index is 12.2. The molecule has 2 aliphatic rings. The molecule has 1 aromatic rings. The molecule has 1 aliphatic heterocycles. The second-order valence-electron chi connectivity index (χ2n) is 7.59. The second kappa shape index (κ2) is 9.41. The van der Waals surface area contributed by atoms with Crippen LogP contribution in [0.4, 0.5) is 0 Å². The molecular formula is C20H28N2O4S2. The third-order valence-corrected chi connectivity index (χ3v) is 8.11. The van der Waals surface area contributed by atoms with Crippen LogP contribution in [-0.4, -0.2) is 56.4 Å². The Kier molecular flexibility index (Phi) is 7.17. The third-order valence-electron chi connectivity index (χ3n) is 6.11. The molecule has 6 nitrogen and oxygen atoms in total. The van der Waals surface area contributed by atoms with Crippen molar-refractivity contribution in [1.82, 2.24) is 9.88 Å². The van der Waals surface area contributed by atoms with E-state index in [-0.39, 0.29) is 29.2 Å². The van der Waals surface area contributed by atoms with Crippen LogP contribution in [0.3, 0.4) is 0 Å². The number of amides is 1.